The van der Waals surface area contributed by atoms with Gasteiger partial charge in [-0.3, -0.25) is 4.18 Å². The van der Waals surface area contributed by atoms with Crippen molar-refractivity contribution in [3.63, 3.8) is 0 Å². The van der Waals surface area contributed by atoms with Crippen molar-refractivity contribution in [2.45, 2.75) is 46.1 Å². The van der Waals surface area contributed by atoms with E-state index in [1.807, 2.05) is 6.92 Å². The molecule has 0 fully saturated rings. The van der Waals surface area contributed by atoms with Crippen LogP contribution in [0.1, 0.15) is 40.0 Å². The van der Waals surface area contributed by atoms with Crippen LogP contribution in [-0.4, -0.2) is 20.8 Å². The summed E-state index contributed by atoms with van der Waals surface area (Å²) in [5.74, 6) is 0.520. The Balaban J connectivity index is 4.05. The lowest BCUT2D eigenvalue weighted by molar-refractivity contribution is 0.174. The van der Waals surface area contributed by atoms with Gasteiger partial charge in [0.25, 0.3) is 10.1 Å². The van der Waals surface area contributed by atoms with E-state index < -0.39 is 10.1 Å². The molecule has 0 aliphatic carbocycles. The molecule has 2 atom stereocenters. The third kappa shape index (κ3) is 7.02. The van der Waals surface area contributed by atoms with Gasteiger partial charge in [-0.25, -0.2) is 0 Å². The van der Waals surface area contributed by atoms with Crippen molar-refractivity contribution in [1.82, 2.24) is 0 Å². The SMILES string of the molecule is CCC(C)CC(CC)OS(C)(=O)=O. The van der Waals surface area contributed by atoms with Crippen molar-refractivity contribution < 1.29 is 12.6 Å². The van der Waals surface area contributed by atoms with E-state index in [0.29, 0.717) is 5.92 Å². The molecule has 0 aromatic heterocycles. The third-order valence-corrected chi connectivity index (χ3v) is 2.75. The van der Waals surface area contributed by atoms with E-state index >= 15 is 0 Å². The lowest BCUT2D eigenvalue weighted by atomic mass is 10.00. The van der Waals surface area contributed by atoms with Gasteiger partial charge in [-0.1, -0.05) is 27.2 Å². The molecule has 2 unspecified atom stereocenters. The molecule has 13 heavy (non-hydrogen) atoms. The monoisotopic (exact) mass is 208 g/mol. The lowest BCUT2D eigenvalue weighted by Crippen LogP contribution is -2.19. The summed E-state index contributed by atoms with van der Waals surface area (Å²) in [6.45, 7) is 6.14. The van der Waals surface area contributed by atoms with Gasteiger partial charge in [0, 0.05) is 0 Å². The van der Waals surface area contributed by atoms with Crippen molar-refractivity contribution in [2.24, 2.45) is 5.92 Å². The normalized spacial score (nSPS) is 16.9. The number of rotatable bonds is 6. The van der Waals surface area contributed by atoms with E-state index in [1.165, 1.54) is 0 Å². The van der Waals surface area contributed by atoms with Gasteiger partial charge in [0.15, 0.2) is 0 Å². The first kappa shape index (κ1) is 12.9. The molecule has 3 nitrogen and oxygen atoms in total. The minimum Gasteiger partial charge on any atom is -0.267 e. The van der Waals surface area contributed by atoms with Gasteiger partial charge in [-0.05, 0) is 18.8 Å². The van der Waals surface area contributed by atoms with E-state index in [4.69, 9.17) is 4.18 Å². The number of hydrogen-bond acceptors (Lipinski definition) is 3. The summed E-state index contributed by atoms with van der Waals surface area (Å²) < 4.78 is 26.6. The molecule has 0 aromatic carbocycles. The maximum atomic E-state index is 10.8. The van der Waals surface area contributed by atoms with Crippen LogP contribution in [0.3, 0.4) is 0 Å². The van der Waals surface area contributed by atoms with Crippen LogP contribution in [0, 0.1) is 5.92 Å². The summed E-state index contributed by atoms with van der Waals surface area (Å²) in [6.07, 6.45) is 3.58. The molecule has 0 heterocycles. The molecule has 0 bridgehead atoms. The van der Waals surface area contributed by atoms with Crippen molar-refractivity contribution in [3.8, 4) is 0 Å². The van der Waals surface area contributed by atoms with E-state index in [0.717, 1.165) is 25.5 Å². The average Bonchev–Trinajstić information content (AvgIpc) is 2.00. The molecule has 0 saturated heterocycles. The Morgan fingerprint density at radius 2 is 1.77 bits per heavy atom. The molecule has 0 aliphatic rings. The second-order valence-electron chi connectivity index (χ2n) is 3.58. The topological polar surface area (TPSA) is 43.4 Å². The van der Waals surface area contributed by atoms with Gasteiger partial charge in [0.1, 0.15) is 0 Å². The number of hydrogen-bond donors (Lipinski definition) is 0. The van der Waals surface area contributed by atoms with Crippen LogP contribution in [0.2, 0.25) is 0 Å². The zero-order valence-electron chi connectivity index (χ0n) is 8.91. The molecule has 0 N–H and O–H groups in total. The first-order valence-corrected chi connectivity index (χ1v) is 6.59. The van der Waals surface area contributed by atoms with Crippen molar-refractivity contribution >= 4 is 10.1 Å². The molecule has 80 valence electrons. The van der Waals surface area contributed by atoms with E-state index in [-0.39, 0.29) is 6.10 Å². The van der Waals surface area contributed by atoms with Crippen LogP contribution in [0.5, 0.6) is 0 Å². The van der Waals surface area contributed by atoms with E-state index in [9.17, 15) is 8.42 Å². The predicted octanol–water partition coefficient (Wildman–Crippen LogP) is 2.18. The molecule has 0 radical (unpaired) electrons. The molecule has 0 rings (SSSR count). The van der Waals surface area contributed by atoms with Crippen LogP contribution in [0.15, 0.2) is 0 Å². The molecule has 0 aromatic rings. The van der Waals surface area contributed by atoms with Gasteiger partial charge in [-0.15, -0.1) is 0 Å². The van der Waals surface area contributed by atoms with Crippen molar-refractivity contribution in [1.29, 1.82) is 0 Å². The molecule has 0 aliphatic heterocycles. The predicted molar refractivity (Wildman–Crippen MR) is 54.1 cm³/mol. The van der Waals surface area contributed by atoms with Gasteiger partial charge in [0.05, 0.1) is 12.4 Å². The van der Waals surface area contributed by atoms with Crippen LogP contribution in [-0.2, 0) is 14.3 Å². The zero-order valence-corrected chi connectivity index (χ0v) is 9.73. The largest absolute Gasteiger partial charge is 0.267 e. The summed E-state index contributed by atoms with van der Waals surface area (Å²) in [4.78, 5) is 0. The van der Waals surface area contributed by atoms with Crippen LogP contribution < -0.4 is 0 Å². The molecule has 0 saturated carbocycles. The van der Waals surface area contributed by atoms with Crippen LogP contribution in [0.4, 0.5) is 0 Å². The van der Waals surface area contributed by atoms with Crippen molar-refractivity contribution in [2.75, 3.05) is 6.26 Å². The summed E-state index contributed by atoms with van der Waals surface area (Å²) in [7, 11) is -3.29. The fraction of sp³-hybridized carbons (Fsp3) is 1.00. The van der Waals surface area contributed by atoms with Crippen LogP contribution >= 0.6 is 0 Å². The highest BCUT2D eigenvalue weighted by atomic mass is 32.2. The third-order valence-electron chi connectivity index (χ3n) is 2.13. The Bertz CT molecular complexity index is 221. The summed E-state index contributed by atoms with van der Waals surface area (Å²) in [5, 5.41) is 0. The highest BCUT2D eigenvalue weighted by Gasteiger charge is 2.15. The average molecular weight is 208 g/mol. The minimum absolute atomic E-state index is 0.148. The molecular formula is C9H20O3S. The molecule has 4 heteroatoms. The highest BCUT2D eigenvalue weighted by molar-refractivity contribution is 7.86. The Morgan fingerprint density at radius 3 is 2.08 bits per heavy atom. The second kappa shape index (κ2) is 5.60. The first-order valence-electron chi connectivity index (χ1n) is 4.77. The standard InChI is InChI=1S/C9H20O3S/c1-5-8(3)7-9(6-2)12-13(4,10)11/h8-9H,5-7H2,1-4H3. The quantitative estimate of drug-likeness (QED) is 0.628. The van der Waals surface area contributed by atoms with Crippen LogP contribution in [0.25, 0.3) is 0 Å². The van der Waals surface area contributed by atoms with Gasteiger partial charge < -0.3 is 0 Å². The molecule has 0 amide bonds. The molecular weight excluding hydrogens is 188 g/mol. The summed E-state index contributed by atoms with van der Waals surface area (Å²) in [6, 6.07) is 0. The maximum Gasteiger partial charge on any atom is 0.264 e. The fourth-order valence-electron chi connectivity index (χ4n) is 1.14. The smallest absolute Gasteiger partial charge is 0.264 e. The Labute approximate surface area is 81.6 Å². The highest BCUT2D eigenvalue weighted by Crippen LogP contribution is 2.16. The lowest BCUT2D eigenvalue weighted by Gasteiger charge is -2.17. The fourth-order valence-corrected chi connectivity index (χ4v) is 1.85. The minimum atomic E-state index is -3.29. The van der Waals surface area contributed by atoms with E-state index in [1.54, 1.807) is 0 Å². The van der Waals surface area contributed by atoms with Crippen molar-refractivity contribution in [3.05, 3.63) is 0 Å². The summed E-state index contributed by atoms with van der Waals surface area (Å²) >= 11 is 0. The zero-order chi connectivity index (χ0) is 10.5. The van der Waals surface area contributed by atoms with Gasteiger partial charge in [0.2, 0.25) is 0 Å². The first-order chi connectivity index (χ1) is 5.89. The Kier molecular flexibility index (Phi) is 5.56. The van der Waals surface area contributed by atoms with Gasteiger partial charge in [-0.2, -0.15) is 8.42 Å². The summed E-state index contributed by atoms with van der Waals surface area (Å²) in [5.41, 5.74) is 0. The maximum absolute atomic E-state index is 10.8. The Morgan fingerprint density at radius 1 is 1.23 bits per heavy atom. The Hall–Kier alpha value is -0.0900. The van der Waals surface area contributed by atoms with Gasteiger partial charge >= 0.3 is 0 Å². The van der Waals surface area contributed by atoms with E-state index in [2.05, 4.69) is 13.8 Å². The molecule has 0 spiro atoms. The second-order valence-corrected chi connectivity index (χ2v) is 5.18.